The summed E-state index contributed by atoms with van der Waals surface area (Å²) in [6, 6.07) is 4.24. The summed E-state index contributed by atoms with van der Waals surface area (Å²) in [6.45, 7) is 4.90. The number of rotatable bonds is 3. The lowest BCUT2D eigenvalue weighted by atomic mass is 9.68. The zero-order valence-electron chi connectivity index (χ0n) is 20.5. The molecule has 3 aliphatic heterocycles. The summed E-state index contributed by atoms with van der Waals surface area (Å²) in [5, 5.41) is 1.19. The van der Waals surface area contributed by atoms with Crippen LogP contribution in [-0.2, 0) is 11.2 Å². The second-order valence-electron chi connectivity index (χ2n) is 10.7. The maximum atomic E-state index is 13.7. The number of ether oxygens (including phenoxy) is 1. The van der Waals surface area contributed by atoms with Crippen LogP contribution in [-0.4, -0.2) is 54.5 Å². The predicted octanol–water partition coefficient (Wildman–Crippen LogP) is 4.73. The monoisotopic (exact) mass is 496 g/mol. The van der Waals surface area contributed by atoms with Crippen LogP contribution < -0.4 is 10.4 Å². The molecule has 0 radical (unpaired) electrons. The fraction of sp³-hybridized carbons (Fsp3) is 0.571. The zero-order chi connectivity index (χ0) is 24.3. The van der Waals surface area contributed by atoms with Gasteiger partial charge >= 0.3 is 5.63 Å². The summed E-state index contributed by atoms with van der Waals surface area (Å²) in [4.78, 5) is 31.4. The largest absolute Gasteiger partial charge is 0.495 e. The van der Waals surface area contributed by atoms with Crippen LogP contribution in [0.1, 0.15) is 49.7 Å². The Hall–Kier alpha value is -2.31. The molecule has 4 aliphatic rings. The summed E-state index contributed by atoms with van der Waals surface area (Å²) in [5.74, 6) is 1.59. The first-order valence-electron chi connectivity index (χ1n) is 13.0. The lowest BCUT2D eigenvalue weighted by molar-refractivity contribution is -0.135. The third-order valence-electron chi connectivity index (χ3n) is 8.87. The molecule has 1 aromatic carbocycles. The summed E-state index contributed by atoms with van der Waals surface area (Å²) < 4.78 is 10.9. The highest BCUT2D eigenvalue weighted by atomic mass is 35.5. The Kier molecular flexibility index (Phi) is 5.92. The van der Waals surface area contributed by atoms with Crippen molar-refractivity contribution in [2.24, 2.45) is 11.8 Å². The maximum absolute atomic E-state index is 13.7. The second kappa shape index (κ2) is 8.97. The van der Waals surface area contributed by atoms with Gasteiger partial charge in [0.2, 0.25) is 5.91 Å². The lowest BCUT2D eigenvalue weighted by Crippen LogP contribution is -2.60. The summed E-state index contributed by atoms with van der Waals surface area (Å²) in [7, 11) is 1.53. The van der Waals surface area contributed by atoms with Gasteiger partial charge in [-0.25, -0.2) is 4.79 Å². The van der Waals surface area contributed by atoms with Gasteiger partial charge in [0.15, 0.2) is 0 Å². The van der Waals surface area contributed by atoms with Gasteiger partial charge in [-0.1, -0.05) is 29.7 Å². The van der Waals surface area contributed by atoms with Crippen molar-refractivity contribution < 1.29 is 13.9 Å². The van der Waals surface area contributed by atoms with Crippen molar-refractivity contribution in [2.45, 2.75) is 64.0 Å². The van der Waals surface area contributed by atoms with Crippen LogP contribution in [0, 0.1) is 18.8 Å². The van der Waals surface area contributed by atoms with Crippen molar-refractivity contribution in [1.82, 2.24) is 9.80 Å². The molecule has 4 atom stereocenters. The molecule has 2 bridgehead atoms. The van der Waals surface area contributed by atoms with Gasteiger partial charge < -0.3 is 14.1 Å². The van der Waals surface area contributed by atoms with E-state index in [4.69, 9.17) is 20.8 Å². The number of benzene rings is 1. The molecule has 3 saturated heterocycles. The molecule has 1 aliphatic carbocycles. The number of aryl methyl sites for hydroxylation is 1. The molecule has 0 spiro atoms. The van der Waals surface area contributed by atoms with Gasteiger partial charge in [-0.15, -0.1) is 0 Å². The highest BCUT2D eigenvalue weighted by molar-refractivity contribution is 6.32. The van der Waals surface area contributed by atoms with Gasteiger partial charge in [0, 0.05) is 30.6 Å². The SMILES string of the molecule is COc1cc2oc(=O)c(CC(=O)N3CCCC4=C[C@@H]5C[C@@H](CN6CCCC[C@H]56)[C@@H]43)c(C)c2cc1Cl. The number of methoxy groups -OCH3 is 1. The fourth-order valence-electron chi connectivity index (χ4n) is 7.26. The highest BCUT2D eigenvalue weighted by Crippen LogP contribution is 2.45. The number of fused-ring (bicyclic) bond motifs is 7. The van der Waals surface area contributed by atoms with Gasteiger partial charge in [0.25, 0.3) is 0 Å². The number of carbonyl (C=O) groups excluding carboxylic acids is 1. The van der Waals surface area contributed by atoms with E-state index in [-0.39, 0.29) is 18.4 Å². The first kappa shape index (κ1) is 23.1. The predicted molar refractivity (Wildman–Crippen MR) is 136 cm³/mol. The molecule has 186 valence electrons. The van der Waals surface area contributed by atoms with Gasteiger partial charge in [0.05, 0.1) is 30.2 Å². The molecule has 7 heteroatoms. The van der Waals surface area contributed by atoms with Crippen molar-refractivity contribution >= 4 is 28.5 Å². The van der Waals surface area contributed by atoms with Crippen LogP contribution in [0.2, 0.25) is 5.02 Å². The smallest absolute Gasteiger partial charge is 0.340 e. The molecular weight excluding hydrogens is 464 g/mol. The van der Waals surface area contributed by atoms with E-state index >= 15 is 0 Å². The van der Waals surface area contributed by atoms with Crippen LogP contribution in [0.5, 0.6) is 5.75 Å². The number of halogens is 1. The first-order chi connectivity index (χ1) is 16.9. The van der Waals surface area contributed by atoms with E-state index in [0.717, 1.165) is 36.9 Å². The van der Waals surface area contributed by atoms with Crippen molar-refractivity contribution in [2.75, 3.05) is 26.7 Å². The number of carbonyl (C=O) groups is 1. The minimum atomic E-state index is -0.460. The van der Waals surface area contributed by atoms with E-state index in [9.17, 15) is 9.59 Å². The number of hydrogen-bond donors (Lipinski definition) is 0. The first-order valence-corrected chi connectivity index (χ1v) is 13.4. The van der Waals surface area contributed by atoms with E-state index in [0.29, 0.717) is 39.8 Å². The minimum Gasteiger partial charge on any atom is -0.495 e. The third-order valence-corrected chi connectivity index (χ3v) is 9.16. The summed E-state index contributed by atoms with van der Waals surface area (Å²) >= 11 is 6.34. The average molecular weight is 497 g/mol. The Morgan fingerprint density at radius 1 is 1.23 bits per heavy atom. The van der Waals surface area contributed by atoms with E-state index in [2.05, 4.69) is 15.9 Å². The van der Waals surface area contributed by atoms with E-state index in [1.807, 2.05) is 6.92 Å². The van der Waals surface area contributed by atoms with Crippen molar-refractivity contribution in [3.63, 3.8) is 0 Å². The topological polar surface area (TPSA) is 63.0 Å². The normalized spacial score (nSPS) is 28.3. The highest BCUT2D eigenvalue weighted by Gasteiger charge is 2.46. The van der Waals surface area contributed by atoms with Crippen molar-refractivity contribution in [3.05, 3.63) is 50.4 Å². The van der Waals surface area contributed by atoms with Crippen molar-refractivity contribution in [3.8, 4) is 5.75 Å². The fourth-order valence-corrected chi connectivity index (χ4v) is 7.50. The van der Waals surface area contributed by atoms with E-state index < -0.39 is 5.63 Å². The molecule has 3 fully saturated rings. The molecule has 1 amide bonds. The van der Waals surface area contributed by atoms with Gasteiger partial charge in [-0.2, -0.15) is 0 Å². The summed E-state index contributed by atoms with van der Waals surface area (Å²) in [6.07, 6.45) is 9.76. The Morgan fingerprint density at radius 2 is 2.09 bits per heavy atom. The Morgan fingerprint density at radius 3 is 2.91 bits per heavy atom. The molecule has 35 heavy (non-hydrogen) atoms. The van der Waals surface area contributed by atoms with Crippen LogP contribution in [0.3, 0.4) is 0 Å². The van der Waals surface area contributed by atoms with Crippen LogP contribution in [0.25, 0.3) is 11.0 Å². The number of amides is 1. The van der Waals surface area contributed by atoms with Gasteiger partial charge in [0.1, 0.15) is 11.3 Å². The standard InChI is InChI=1S/C28H33ClN2O4/c1-16-20-12-22(29)25(34-2)14-24(20)35-28(33)21(16)13-26(32)31-9-5-6-17-10-18-11-19(27(17)31)15-30-8-4-3-7-23(18)30/h10,12,14,18-19,23,27H,3-9,11,13,15H2,1-2H3/t18-,19+,23-,27-/m1/s1. The quantitative estimate of drug-likeness (QED) is 0.454. The second-order valence-corrected chi connectivity index (χ2v) is 11.2. The molecule has 1 aromatic heterocycles. The third kappa shape index (κ3) is 3.89. The molecule has 4 heterocycles. The zero-order valence-corrected chi connectivity index (χ0v) is 21.3. The van der Waals surface area contributed by atoms with E-state index in [1.165, 1.54) is 44.9 Å². The molecule has 0 unspecified atom stereocenters. The Bertz CT molecular complexity index is 1270. The van der Waals surface area contributed by atoms with Crippen LogP contribution >= 0.6 is 11.6 Å². The van der Waals surface area contributed by atoms with E-state index in [1.54, 1.807) is 12.1 Å². The molecule has 0 saturated carbocycles. The molecule has 2 aromatic rings. The Balaban J connectivity index is 1.30. The average Bonchev–Trinajstić information content (AvgIpc) is 2.86. The van der Waals surface area contributed by atoms with Crippen LogP contribution in [0.4, 0.5) is 0 Å². The Labute approximate surface area is 210 Å². The number of hydrogen-bond acceptors (Lipinski definition) is 5. The number of nitrogens with zero attached hydrogens (tertiary/aromatic N) is 2. The molecule has 6 nitrogen and oxygen atoms in total. The number of likely N-dealkylation sites (tertiary alicyclic amines) is 1. The molecule has 6 rings (SSSR count). The minimum absolute atomic E-state index is 0.0224. The summed E-state index contributed by atoms with van der Waals surface area (Å²) in [5.41, 5.74) is 2.59. The molecular formula is C28H33ClN2O4. The molecule has 0 N–H and O–H groups in total. The maximum Gasteiger partial charge on any atom is 0.340 e. The lowest BCUT2D eigenvalue weighted by Gasteiger charge is -2.54. The number of piperidine rings is 3. The van der Waals surface area contributed by atoms with Gasteiger partial charge in [-0.3, -0.25) is 9.69 Å². The van der Waals surface area contributed by atoms with Crippen LogP contribution in [0.15, 0.2) is 33.0 Å². The van der Waals surface area contributed by atoms with Gasteiger partial charge in [-0.05, 0) is 69.0 Å². The van der Waals surface area contributed by atoms with Crippen molar-refractivity contribution in [1.29, 1.82) is 0 Å².